The highest BCUT2D eigenvalue weighted by Gasteiger charge is 2.08. The molecule has 0 bridgehead atoms. The zero-order chi connectivity index (χ0) is 11.4. The van der Waals surface area contributed by atoms with Crippen LogP contribution >= 0.6 is 0 Å². The lowest BCUT2D eigenvalue weighted by Gasteiger charge is -2.11. The quantitative estimate of drug-likeness (QED) is 0.807. The number of amides is 1. The van der Waals surface area contributed by atoms with Gasteiger partial charge in [0, 0.05) is 11.6 Å². The van der Waals surface area contributed by atoms with Gasteiger partial charge < -0.3 is 5.32 Å². The molecule has 1 N–H and O–H groups in total. The minimum absolute atomic E-state index is 0.0229. The van der Waals surface area contributed by atoms with E-state index in [1.807, 2.05) is 20.8 Å². The molecule has 1 rings (SSSR count). The number of carbonyl (C=O) groups is 1. The molecule has 1 aromatic rings. The maximum atomic E-state index is 11.6. The third-order valence-corrected chi connectivity index (χ3v) is 2.49. The van der Waals surface area contributed by atoms with E-state index in [-0.39, 0.29) is 11.8 Å². The second kappa shape index (κ2) is 4.96. The summed E-state index contributed by atoms with van der Waals surface area (Å²) in [4.78, 5) is 11.6. The zero-order valence-electron chi connectivity index (χ0n) is 9.92. The Balaban J connectivity index is 2.88. The van der Waals surface area contributed by atoms with Crippen LogP contribution in [0.2, 0.25) is 0 Å². The maximum Gasteiger partial charge on any atom is 0.226 e. The minimum atomic E-state index is 0.0229. The maximum absolute atomic E-state index is 11.6. The first-order chi connectivity index (χ1) is 7.04. The van der Waals surface area contributed by atoms with Crippen molar-refractivity contribution in [1.82, 2.24) is 0 Å². The Labute approximate surface area is 91.7 Å². The van der Waals surface area contributed by atoms with Gasteiger partial charge in [-0.3, -0.25) is 4.79 Å². The van der Waals surface area contributed by atoms with Crippen molar-refractivity contribution in [2.24, 2.45) is 5.92 Å². The monoisotopic (exact) mass is 205 g/mol. The highest BCUT2D eigenvalue weighted by Crippen LogP contribution is 2.18. The summed E-state index contributed by atoms with van der Waals surface area (Å²) in [6.07, 6.45) is 0.991. The first-order valence-electron chi connectivity index (χ1n) is 5.45. The fraction of sp³-hybridized carbons (Fsp3) is 0.462. The highest BCUT2D eigenvalue weighted by atomic mass is 16.1. The van der Waals surface area contributed by atoms with E-state index in [1.165, 1.54) is 5.56 Å². The fourth-order valence-corrected chi connectivity index (χ4v) is 1.30. The Hall–Kier alpha value is -1.31. The van der Waals surface area contributed by atoms with Crippen LogP contribution in [0.15, 0.2) is 18.2 Å². The van der Waals surface area contributed by atoms with E-state index >= 15 is 0 Å². The van der Waals surface area contributed by atoms with Crippen LogP contribution in [-0.4, -0.2) is 5.91 Å². The summed E-state index contributed by atoms with van der Waals surface area (Å²) >= 11 is 0. The molecule has 0 aliphatic rings. The van der Waals surface area contributed by atoms with Gasteiger partial charge in [0.15, 0.2) is 0 Å². The molecule has 0 radical (unpaired) electrons. The average Bonchev–Trinajstić information content (AvgIpc) is 2.21. The summed E-state index contributed by atoms with van der Waals surface area (Å²) in [5.74, 6) is 0.0982. The van der Waals surface area contributed by atoms with E-state index in [4.69, 9.17) is 0 Å². The van der Waals surface area contributed by atoms with Crippen molar-refractivity contribution in [2.75, 3.05) is 5.32 Å². The Bertz CT molecular complexity index is 356. The summed E-state index contributed by atoms with van der Waals surface area (Å²) in [6, 6.07) is 6.20. The number of nitrogens with one attached hydrogen (secondary N) is 1. The molecule has 2 nitrogen and oxygen atoms in total. The van der Waals surface area contributed by atoms with E-state index in [1.54, 1.807) is 0 Å². The van der Waals surface area contributed by atoms with E-state index in [0.29, 0.717) is 0 Å². The van der Waals surface area contributed by atoms with Gasteiger partial charge in [0.05, 0.1) is 0 Å². The highest BCUT2D eigenvalue weighted by molar-refractivity contribution is 5.92. The third-order valence-electron chi connectivity index (χ3n) is 2.49. The Morgan fingerprint density at radius 1 is 1.40 bits per heavy atom. The average molecular weight is 205 g/mol. The molecule has 2 heteroatoms. The molecule has 0 spiro atoms. The van der Waals surface area contributed by atoms with Crippen LogP contribution in [0.3, 0.4) is 0 Å². The zero-order valence-corrected chi connectivity index (χ0v) is 9.92. The van der Waals surface area contributed by atoms with E-state index in [9.17, 15) is 4.79 Å². The standard InChI is InChI=1S/C13H19NO/c1-5-11-7-6-10(4)12(8-11)14-13(15)9(2)3/h6-9H,5H2,1-4H3,(H,14,15). The van der Waals surface area contributed by atoms with E-state index in [2.05, 4.69) is 30.4 Å². The lowest BCUT2D eigenvalue weighted by atomic mass is 10.1. The van der Waals surface area contributed by atoms with Crippen LogP contribution in [0.25, 0.3) is 0 Å². The Morgan fingerprint density at radius 2 is 2.07 bits per heavy atom. The lowest BCUT2D eigenvalue weighted by molar-refractivity contribution is -0.118. The van der Waals surface area contributed by atoms with Gasteiger partial charge in [-0.05, 0) is 30.5 Å². The molecule has 0 fully saturated rings. The van der Waals surface area contributed by atoms with Crippen LogP contribution in [0.5, 0.6) is 0 Å². The molecule has 0 saturated heterocycles. The molecular formula is C13H19NO. The molecule has 0 atom stereocenters. The number of aryl methyl sites for hydroxylation is 2. The molecule has 0 aliphatic carbocycles. The first kappa shape index (κ1) is 11.8. The van der Waals surface area contributed by atoms with Crippen molar-refractivity contribution < 1.29 is 4.79 Å². The summed E-state index contributed by atoms with van der Waals surface area (Å²) in [7, 11) is 0. The normalized spacial score (nSPS) is 10.5. The molecule has 82 valence electrons. The molecule has 0 aromatic heterocycles. The minimum Gasteiger partial charge on any atom is -0.326 e. The lowest BCUT2D eigenvalue weighted by Crippen LogP contribution is -2.18. The smallest absolute Gasteiger partial charge is 0.226 e. The summed E-state index contributed by atoms with van der Waals surface area (Å²) in [5.41, 5.74) is 3.30. The van der Waals surface area contributed by atoms with E-state index < -0.39 is 0 Å². The van der Waals surface area contributed by atoms with Crippen molar-refractivity contribution in [3.63, 3.8) is 0 Å². The van der Waals surface area contributed by atoms with Gasteiger partial charge >= 0.3 is 0 Å². The van der Waals surface area contributed by atoms with Crippen molar-refractivity contribution in [2.45, 2.75) is 34.1 Å². The molecule has 15 heavy (non-hydrogen) atoms. The second-order valence-corrected chi connectivity index (χ2v) is 4.15. The molecule has 1 aromatic carbocycles. The number of benzene rings is 1. The van der Waals surface area contributed by atoms with Crippen LogP contribution in [-0.2, 0) is 11.2 Å². The van der Waals surface area contributed by atoms with Gasteiger partial charge in [0.25, 0.3) is 0 Å². The SMILES string of the molecule is CCc1ccc(C)c(NC(=O)C(C)C)c1. The van der Waals surface area contributed by atoms with Gasteiger partial charge in [-0.25, -0.2) is 0 Å². The number of hydrogen-bond acceptors (Lipinski definition) is 1. The topological polar surface area (TPSA) is 29.1 Å². The van der Waals surface area contributed by atoms with Crippen molar-refractivity contribution in [3.05, 3.63) is 29.3 Å². The van der Waals surface area contributed by atoms with Crippen molar-refractivity contribution in [1.29, 1.82) is 0 Å². The van der Waals surface area contributed by atoms with Crippen LogP contribution in [0.1, 0.15) is 31.9 Å². The third kappa shape index (κ3) is 3.08. The van der Waals surface area contributed by atoms with Crippen LogP contribution in [0, 0.1) is 12.8 Å². The Morgan fingerprint density at radius 3 is 2.60 bits per heavy atom. The molecule has 0 heterocycles. The summed E-state index contributed by atoms with van der Waals surface area (Å²) in [6.45, 7) is 7.91. The van der Waals surface area contributed by atoms with Gasteiger partial charge in [0.1, 0.15) is 0 Å². The number of carbonyl (C=O) groups excluding carboxylic acids is 1. The molecule has 0 aliphatic heterocycles. The molecule has 0 unspecified atom stereocenters. The predicted molar refractivity (Wildman–Crippen MR) is 64.0 cm³/mol. The molecule has 1 amide bonds. The van der Waals surface area contributed by atoms with Crippen molar-refractivity contribution >= 4 is 11.6 Å². The van der Waals surface area contributed by atoms with Gasteiger partial charge in [-0.15, -0.1) is 0 Å². The second-order valence-electron chi connectivity index (χ2n) is 4.15. The Kier molecular flexibility index (Phi) is 3.89. The first-order valence-corrected chi connectivity index (χ1v) is 5.45. The number of rotatable bonds is 3. The summed E-state index contributed by atoms with van der Waals surface area (Å²) in [5, 5.41) is 2.95. The van der Waals surface area contributed by atoms with Crippen molar-refractivity contribution in [3.8, 4) is 0 Å². The van der Waals surface area contributed by atoms with Crippen LogP contribution in [0.4, 0.5) is 5.69 Å². The largest absolute Gasteiger partial charge is 0.326 e. The van der Waals surface area contributed by atoms with Gasteiger partial charge in [0.2, 0.25) is 5.91 Å². The summed E-state index contributed by atoms with van der Waals surface area (Å²) < 4.78 is 0. The van der Waals surface area contributed by atoms with Gasteiger partial charge in [-0.2, -0.15) is 0 Å². The van der Waals surface area contributed by atoms with E-state index in [0.717, 1.165) is 17.7 Å². The van der Waals surface area contributed by atoms with Gasteiger partial charge in [-0.1, -0.05) is 32.9 Å². The molecule has 0 saturated carbocycles. The number of anilines is 1. The fourth-order valence-electron chi connectivity index (χ4n) is 1.30. The molecular weight excluding hydrogens is 186 g/mol. The van der Waals surface area contributed by atoms with Crippen LogP contribution < -0.4 is 5.32 Å². The number of hydrogen-bond donors (Lipinski definition) is 1. The predicted octanol–water partition coefficient (Wildman–Crippen LogP) is 3.15.